The van der Waals surface area contributed by atoms with Gasteiger partial charge in [-0.3, -0.25) is 0 Å². The molecule has 2 heterocycles. The van der Waals surface area contributed by atoms with Crippen molar-refractivity contribution in [3.63, 3.8) is 0 Å². The summed E-state index contributed by atoms with van der Waals surface area (Å²) in [6.07, 6.45) is 1.50. The van der Waals surface area contributed by atoms with E-state index in [1.54, 1.807) is 6.92 Å². The number of nitrogens with zero attached hydrogens (tertiary/aromatic N) is 6. The Morgan fingerprint density at radius 2 is 2.46 bits per heavy atom. The van der Waals surface area contributed by atoms with Gasteiger partial charge in [-0.1, -0.05) is 5.16 Å². The number of aromatic nitrogens is 6. The predicted molar refractivity (Wildman–Crippen MR) is 40.5 cm³/mol. The summed E-state index contributed by atoms with van der Waals surface area (Å²) in [7, 11) is 0. The van der Waals surface area contributed by atoms with E-state index in [4.69, 9.17) is 0 Å². The number of tetrazole rings is 1. The van der Waals surface area contributed by atoms with Crippen LogP contribution in [-0.2, 0) is 6.67 Å². The van der Waals surface area contributed by atoms with Crippen LogP contribution in [0.5, 0.6) is 0 Å². The molecule has 2 aromatic rings. The highest BCUT2D eigenvalue weighted by atomic mass is 16.6. The van der Waals surface area contributed by atoms with Crippen LogP contribution in [0.2, 0.25) is 0 Å². The molecule has 0 radical (unpaired) electrons. The summed E-state index contributed by atoms with van der Waals surface area (Å²) in [5, 5.41) is 20.8. The summed E-state index contributed by atoms with van der Waals surface area (Å²) in [6.45, 7) is 2.22. The van der Waals surface area contributed by atoms with Gasteiger partial charge in [-0.2, -0.15) is 0 Å². The van der Waals surface area contributed by atoms with Gasteiger partial charge in [0.25, 0.3) is 0 Å². The Morgan fingerprint density at radius 1 is 1.54 bits per heavy atom. The Kier molecular flexibility index (Phi) is 1.87. The first-order valence-corrected chi connectivity index (χ1v) is 3.60. The molecule has 0 aliphatic rings. The van der Waals surface area contributed by atoms with Crippen LogP contribution in [0.4, 0.5) is 5.82 Å². The Labute approximate surface area is 72.9 Å². The van der Waals surface area contributed by atoms with Crippen molar-refractivity contribution < 1.29 is 4.63 Å². The van der Waals surface area contributed by atoms with Crippen molar-refractivity contribution in [3.8, 4) is 0 Å². The van der Waals surface area contributed by atoms with Crippen LogP contribution in [0, 0.1) is 6.92 Å². The molecule has 0 saturated heterocycles. The molecule has 0 aliphatic carbocycles. The second-order valence-corrected chi connectivity index (χ2v) is 2.38. The minimum absolute atomic E-state index is 0.433. The normalized spacial score (nSPS) is 10.2. The first-order valence-electron chi connectivity index (χ1n) is 3.60. The third-order valence-electron chi connectivity index (χ3n) is 1.45. The van der Waals surface area contributed by atoms with Crippen molar-refractivity contribution in [2.75, 3.05) is 5.32 Å². The zero-order valence-electron chi connectivity index (χ0n) is 6.88. The van der Waals surface area contributed by atoms with Crippen LogP contribution in [0.25, 0.3) is 0 Å². The van der Waals surface area contributed by atoms with E-state index >= 15 is 0 Å². The predicted octanol–water partition coefficient (Wildman–Crippen LogP) is -0.566. The molecule has 8 nitrogen and oxygen atoms in total. The monoisotopic (exact) mass is 181 g/mol. The molecule has 2 aromatic heterocycles. The standard InChI is InChI=1S/C5H7N7O/c1-4-5(9-13-8-4)6-2-12-3-7-10-11-12/h3H,2H2,1H3,(H,6,9). The van der Waals surface area contributed by atoms with E-state index < -0.39 is 0 Å². The van der Waals surface area contributed by atoms with Gasteiger partial charge in [-0.05, 0) is 22.5 Å². The Balaban J connectivity index is 1.97. The summed E-state index contributed by atoms with van der Waals surface area (Å²) < 4.78 is 6.01. The number of rotatable bonds is 3. The van der Waals surface area contributed by atoms with Crippen LogP contribution in [0.3, 0.4) is 0 Å². The summed E-state index contributed by atoms with van der Waals surface area (Å²) in [6, 6.07) is 0. The quantitative estimate of drug-likeness (QED) is 0.677. The molecular formula is C5H7N7O. The highest BCUT2D eigenvalue weighted by Crippen LogP contribution is 2.06. The highest BCUT2D eigenvalue weighted by molar-refractivity contribution is 5.35. The number of hydrogen-bond acceptors (Lipinski definition) is 7. The van der Waals surface area contributed by atoms with Gasteiger partial charge in [-0.15, -0.1) is 5.10 Å². The highest BCUT2D eigenvalue weighted by Gasteiger charge is 2.03. The molecule has 0 aromatic carbocycles. The van der Waals surface area contributed by atoms with E-state index in [1.165, 1.54) is 11.0 Å². The largest absolute Gasteiger partial charge is 0.346 e. The van der Waals surface area contributed by atoms with Crippen molar-refractivity contribution in [1.29, 1.82) is 0 Å². The fraction of sp³-hybridized carbons (Fsp3) is 0.400. The number of anilines is 1. The molecule has 8 heteroatoms. The third kappa shape index (κ3) is 1.60. The molecule has 0 aliphatic heterocycles. The molecular weight excluding hydrogens is 174 g/mol. The second-order valence-electron chi connectivity index (χ2n) is 2.38. The van der Waals surface area contributed by atoms with Gasteiger partial charge in [-0.25, -0.2) is 9.31 Å². The van der Waals surface area contributed by atoms with Gasteiger partial charge in [0.1, 0.15) is 18.7 Å². The van der Waals surface area contributed by atoms with E-state index in [0.717, 1.165) is 0 Å². The van der Waals surface area contributed by atoms with Crippen molar-refractivity contribution in [2.24, 2.45) is 0 Å². The molecule has 0 unspecified atom stereocenters. The fourth-order valence-corrected chi connectivity index (χ4v) is 0.801. The Hall–Kier alpha value is -1.99. The molecule has 0 fully saturated rings. The van der Waals surface area contributed by atoms with Crippen LogP contribution in [0.15, 0.2) is 11.0 Å². The zero-order valence-corrected chi connectivity index (χ0v) is 6.88. The van der Waals surface area contributed by atoms with Crippen molar-refractivity contribution >= 4 is 5.82 Å². The lowest BCUT2D eigenvalue weighted by Crippen LogP contribution is -2.09. The summed E-state index contributed by atoms with van der Waals surface area (Å²) in [5.41, 5.74) is 0.702. The number of nitrogens with one attached hydrogen (secondary N) is 1. The number of hydrogen-bond donors (Lipinski definition) is 1. The number of aryl methyl sites for hydroxylation is 1. The summed E-state index contributed by atoms with van der Waals surface area (Å²) >= 11 is 0. The molecule has 0 amide bonds. The van der Waals surface area contributed by atoms with E-state index in [0.29, 0.717) is 18.2 Å². The van der Waals surface area contributed by atoms with Crippen LogP contribution >= 0.6 is 0 Å². The van der Waals surface area contributed by atoms with Crippen LogP contribution in [0.1, 0.15) is 5.69 Å². The third-order valence-corrected chi connectivity index (χ3v) is 1.45. The van der Waals surface area contributed by atoms with Gasteiger partial charge in [0.15, 0.2) is 5.82 Å². The van der Waals surface area contributed by atoms with Gasteiger partial charge in [0, 0.05) is 0 Å². The minimum Gasteiger partial charge on any atom is -0.346 e. The topological polar surface area (TPSA) is 94.6 Å². The first-order chi connectivity index (χ1) is 6.36. The average Bonchev–Trinajstić information content (AvgIpc) is 2.72. The molecule has 0 bridgehead atoms. The summed E-state index contributed by atoms with van der Waals surface area (Å²) in [4.78, 5) is 0. The maximum Gasteiger partial charge on any atom is 0.195 e. The van der Waals surface area contributed by atoms with E-state index in [1.807, 2.05) is 0 Å². The Bertz CT molecular complexity index is 366. The molecule has 0 atom stereocenters. The van der Waals surface area contributed by atoms with Gasteiger partial charge < -0.3 is 5.32 Å². The average molecular weight is 181 g/mol. The van der Waals surface area contributed by atoms with Crippen LogP contribution in [-0.4, -0.2) is 30.5 Å². The van der Waals surface area contributed by atoms with Crippen LogP contribution < -0.4 is 5.32 Å². The molecule has 2 rings (SSSR count). The first kappa shape index (κ1) is 7.65. The molecule has 0 saturated carbocycles. The van der Waals surface area contributed by atoms with Crippen molar-refractivity contribution in [1.82, 2.24) is 30.5 Å². The minimum atomic E-state index is 0.433. The van der Waals surface area contributed by atoms with Gasteiger partial charge >= 0.3 is 0 Å². The lowest BCUT2D eigenvalue weighted by molar-refractivity contribution is 0.305. The molecule has 1 N–H and O–H groups in total. The second kappa shape index (κ2) is 3.17. The maximum absolute atomic E-state index is 4.49. The van der Waals surface area contributed by atoms with E-state index in [-0.39, 0.29) is 0 Å². The SMILES string of the molecule is Cc1nonc1NCn1cnnn1. The Morgan fingerprint density at radius 3 is 3.08 bits per heavy atom. The van der Waals surface area contributed by atoms with E-state index in [9.17, 15) is 0 Å². The van der Waals surface area contributed by atoms with Crippen molar-refractivity contribution in [2.45, 2.75) is 13.6 Å². The van der Waals surface area contributed by atoms with Crippen molar-refractivity contribution in [3.05, 3.63) is 12.0 Å². The lowest BCUT2D eigenvalue weighted by atomic mass is 10.5. The summed E-state index contributed by atoms with van der Waals surface area (Å²) in [5.74, 6) is 0.593. The van der Waals surface area contributed by atoms with Gasteiger partial charge in [0.2, 0.25) is 0 Å². The van der Waals surface area contributed by atoms with Gasteiger partial charge in [0.05, 0.1) is 0 Å². The van der Waals surface area contributed by atoms with E-state index in [2.05, 4.69) is 35.8 Å². The fourth-order valence-electron chi connectivity index (χ4n) is 0.801. The molecule has 13 heavy (non-hydrogen) atoms. The lowest BCUT2D eigenvalue weighted by Gasteiger charge is -1.99. The molecule has 68 valence electrons. The zero-order chi connectivity index (χ0) is 9.10. The maximum atomic E-state index is 4.49. The smallest absolute Gasteiger partial charge is 0.195 e. The molecule has 0 spiro atoms.